The molecule has 0 fully saturated rings. The molecule has 0 unspecified atom stereocenters. The molecule has 1 aromatic carbocycles. The Balaban J connectivity index is 2.28. The summed E-state index contributed by atoms with van der Waals surface area (Å²) in [6, 6.07) is 6.70. The Bertz CT molecular complexity index is 1050. The maximum absolute atomic E-state index is 13.2. The van der Waals surface area contributed by atoms with Crippen LogP contribution in [-0.2, 0) is 9.53 Å². The first-order valence-corrected chi connectivity index (χ1v) is 11.4. The lowest BCUT2D eigenvalue weighted by atomic mass is 10.0. The number of carbonyl (C=O) groups excluding carboxylic acids is 2. The number of amides is 2. The lowest BCUT2D eigenvalue weighted by molar-refractivity contribution is -0.275. The average Bonchev–Trinajstić information content (AvgIpc) is 2.69. The molecule has 2 amide bonds. The second kappa shape index (κ2) is 12.0. The van der Waals surface area contributed by atoms with E-state index in [1.54, 1.807) is 32.9 Å². The summed E-state index contributed by atoms with van der Waals surface area (Å²) in [5.74, 6) is -0.597. The number of rotatable bonds is 9. The Morgan fingerprint density at radius 2 is 1.69 bits per heavy atom. The van der Waals surface area contributed by atoms with Crippen molar-refractivity contribution in [2.45, 2.75) is 66.0 Å². The molecular weight excluding hydrogens is 479 g/mol. The highest BCUT2D eigenvalue weighted by Crippen LogP contribution is 2.36. The summed E-state index contributed by atoms with van der Waals surface area (Å²) in [6.45, 7) is 10.3. The number of nitrogens with zero attached hydrogens (tertiary/aromatic N) is 1. The molecule has 2 aromatic rings. The molecule has 0 aliphatic rings. The van der Waals surface area contributed by atoms with Gasteiger partial charge in [-0.3, -0.25) is 4.79 Å². The van der Waals surface area contributed by atoms with E-state index >= 15 is 0 Å². The first-order valence-electron chi connectivity index (χ1n) is 11.4. The fraction of sp³-hybridized carbons (Fsp3) is 0.480. The zero-order valence-corrected chi connectivity index (χ0v) is 21.2. The van der Waals surface area contributed by atoms with Crippen molar-refractivity contribution in [3.63, 3.8) is 0 Å². The lowest BCUT2D eigenvalue weighted by Gasteiger charge is -2.25. The summed E-state index contributed by atoms with van der Waals surface area (Å²) in [7, 11) is 0. The van der Waals surface area contributed by atoms with E-state index in [0.29, 0.717) is 17.5 Å². The largest absolute Gasteiger partial charge is 0.573 e. The molecule has 2 rings (SSSR count). The van der Waals surface area contributed by atoms with Crippen LogP contribution in [0.15, 0.2) is 36.5 Å². The Kier molecular flexibility index (Phi) is 9.55. The number of pyridine rings is 1. The van der Waals surface area contributed by atoms with Crippen LogP contribution in [0, 0.1) is 5.92 Å². The topological polar surface area (TPSA) is 98.8 Å². The van der Waals surface area contributed by atoms with Gasteiger partial charge in [-0.05, 0) is 68.5 Å². The molecule has 0 aliphatic heterocycles. The van der Waals surface area contributed by atoms with Crippen LogP contribution in [0.4, 0.5) is 23.8 Å². The van der Waals surface area contributed by atoms with Crippen molar-refractivity contribution in [2.75, 3.05) is 11.9 Å². The van der Waals surface area contributed by atoms with Crippen molar-refractivity contribution in [2.24, 2.45) is 5.92 Å². The maximum Gasteiger partial charge on any atom is 0.573 e. The van der Waals surface area contributed by atoms with Gasteiger partial charge < -0.3 is 24.8 Å². The minimum Gasteiger partial charge on any atom is -0.488 e. The summed E-state index contributed by atoms with van der Waals surface area (Å²) in [5, 5.41) is 5.24. The summed E-state index contributed by atoms with van der Waals surface area (Å²) in [4.78, 5) is 27.5. The van der Waals surface area contributed by atoms with E-state index in [4.69, 9.17) is 9.47 Å². The molecule has 1 heterocycles. The van der Waals surface area contributed by atoms with Crippen molar-refractivity contribution in [3.8, 4) is 22.6 Å². The number of carbonyl (C=O) groups is 2. The second-order valence-corrected chi connectivity index (χ2v) is 9.60. The number of aromatic nitrogens is 1. The van der Waals surface area contributed by atoms with E-state index in [-0.39, 0.29) is 30.0 Å². The average molecular weight is 512 g/mol. The van der Waals surface area contributed by atoms with Crippen LogP contribution in [-0.4, -0.2) is 41.6 Å². The fourth-order valence-electron chi connectivity index (χ4n) is 3.27. The molecule has 2 N–H and O–H groups in total. The number of hydrogen-bond acceptors (Lipinski definition) is 6. The van der Waals surface area contributed by atoms with E-state index in [1.165, 1.54) is 31.3 Å². The van der Waals surface area contributed by atoms with Crippen molar-refractivity contribution in [1.82, 2.24) is 10.3 Å². The zero-order chi connectivity index (χ0) is 27.1. The normalized spacial score (nSPS) is 12.6. The van der Waals surface area contributed by atoms with Gasteiger partial charge >= 0.3 is 12.5 Å². The molecule has 0 saturated carbocycles. The highest BCUT2D eigenvalue weighted by atomic mass is 19.4. The van der Waals surface area contributed by atoms with E-state index in [1.807, 2.05) is 13.8 Å². The smallest absolute Gasteiger partial charge is 0.488 e. The van der Waals surface area contributed by atoms with Crippen LogP contribution in [0.2, 0.25) is 0 Å². The van der Waals surface area contributed by atoms with Gasteiger partial charge in [0.05, 0.1) is 6.04 Å². The van der Waals surface area contributed by atoms with Crippen molar-refractivity contribution >= 4 is 17.8 Å². The predicted molar refractivity (Wildman–Crippen MR) is 129 cm³/mol. The van der Waals surface area contributed by atoms with Gasteiger partial charge in [0, 0.05) is 13.1 Å². The summed E-state index contributed by atoms with van der Waals surface area (Å²) in [6.07, 6.45) is -3.67. The highest BCUT2D eigenvalue weighted by Gasteiger charge is 2.33. The molecule has 1 atom stereocenters. The molecule has 0 aliphatic carbocycles. The number of benzene rings is 1. The minimum atomic E-state index is -4.96. The maximum atomic E-state index is 13.2. The van der Waals surface area contributed by atoms with Gasteiger partial charge in [0.25, 0.3) is 0 Å². The lowest BCUT2D eigenvalue weighted by Crippen LogP contribution is -2.42. The quantitative estimate of drug-likeness (QED) is 0.433. The number of alkyl carbamates (subject to hydrolysis) is 1. The van der Waals surface area contributed by atoms with E-state index in [9.17, 15) is 22.8 Å². The first-order chi connectivity index (χ1) is 16.6. The van der Waals surface area contributed by atoms with Crippen LogP contribution in [0.25, 0.3) is 11.1 Å². The van der Waals surface area contributed by atoms with E-state index in [2.05, 4.69) is 20.4 Å². The van der Waals surface area contributed by atoms with E-state index in [0.717, 1.165) is 0 Å². The molecule has 0 saturated heterocycles. The molecule has 11 heteroatoms. The molecule has 0 radical (unpaired) electrons. The third kappa shape index (κ3) is 10.4. The number of alkyl halides is 3. The van der Waals surface area contributed by atoms with Crippen molar-refractivity contribution < 1.29 is 37.0 Å². The monoisotopic (exact) mass is 511 g/mol. The van der Waals surface area contributed by atoms with Crippen LogP contribution in [0.3, 0.4) is 0 Å². The molecule has 1 aromatic heterocycles. The number of anilines is 1. The highest BCUT2D eigenvalue weighted by molar-refractivity contribution is 5.88. The third-order valence-corrected chi connectivity index (χ3v) is 4.48. The summed E-state index contributed by atoms with van der Waals surface area (Å²) in [5.41, 5.74) is 0.196. The van der Waals surface area contributed by atoms with Gasteiger partial charge in [-0.1, -0.05) is 19.9 Å². The Hall–Kier alpha value is -3.50. The van der Waals surface area contributed by atoms with Gasteiger partial charge in [-0.2, -0.15) is 0 Å². The number of hydrogen-bond donors (Lipinski definition) is 2. The van der Waals surface area contributed by atoms with Crippen LogP contribution in [0.5, 0.6) is 11.5 Å². The summed E-state index contributed by atoms with van der Waals surface area (Å²) < 4.78 is 54.7. The van der Waals surface area contributed by atoms with Crippen LogP contribution >= 0.6 is 0 Å². The van der Waals surface area contributed by atoms with Gasteiger partial charge in [0.1, 0.15) is 18.0 Å². The number of ether oxygens (including phenoxy) is 3. The Morgan fingerprint density at radius 3 is 2.28 bits per heavy atom. The zero-order valence-electron chi connectivity index (χ0n) is 21.2. The van der Waals surface area contributed by atoms with Crippen LogP contribution < -0.4 is 20.1 Å². The molecule has 198 valence electrons. The van der Waals surface area contributed by atoms with Crippen molar-refractivity contribution in [3.05, 3.63) is 36.5 Å². The molecule has 0 spiro atoms. The predicted octanol–water partition coefficient (Wildman–Crippen LogP) is 5.92. The molecule has 36 heavy (non-hydrogen) atoms. The van der Waals surface area contributed by atoms with E-state index < -0.39 is 29.8 Å². The minimum absolute atomic E-state index is 0.104. The molecule has 8 nitrogen and oxygen atoms in total. The standard InChI is InChI=1S/C25H32F3N3O5/c1-15(2)11-19(31-23(33)36-24(4,5)6)14-34-20-8-7-17(12-21(20)35-25(26,27)28)18-9-10-29-22(13-18)30-16(3)32/h7-10,12-13,15,19H,11,14H2,1-6H3,(H,31,33)(H,29,30,32)/t19-/m0/s1. The van der Waals surface area contributed by atoms with Gasteiger partial charge in [-0.15, -0.1) is 13.2 Å². The van der Waals surface area contributed by atoms with Crippen molar-refractivity contribution in [1.29, 1.82) is 0 Å². The van der Waals surface area contributed by atoms with Gasteiger partial charge in [0.2, 0.25) is 5.91 Å². The Morgan fingerprint density at radius 1 is 1.03 bits per heavy atom. The Labute approximate surface area is 208 Å². The number of nitrogens with one attached hydrogen (secondary N) is 2. The van der Waals surface area contributed by atoms with Crippen LogP contribution in [0.1, 0.15) is 48.0 Å². The molecular formula is C25H32F3N3O5. The first kappa shape index (κ1) is 28.7. The SMILES string of the molecule is CC(=O)Nc1cc(-c2ccc(OC[C@H](CC(C)C)NC(=O)OC(C)(C)C)c(OC(F)(F)F)c2)ccn1. The molecule has 0 bridgehead atoms. The number of halogens is 3. The summed E-state index contributed by atoms with van der Waals surface area (Å²) >= 11 is 0. The fourth-order valence-corrected chi connectivity index (χ4v) is 3.27. The third-order valence-electron chi connectivity index (χ3n) is 4.48. The van der Waals surface area contributed by atoms with Gasteiger partial charge in [-0.25, -0.2) is 9.78 Å². The van der Waals surface area contributed by atoms with Gasteiger partial charge in [0.15, 0.2) is 11.5 Å². The second-order valence-electron chi connectivity index (χ2n) is 9.60.